The van der Waals surface area contributed by atoms with Gasteiger partial charge < -0.3 is 0 Å². The van der Waals surface area contributed by atoms with Gasteiger partial charge in [-0.3, -0.25) is 0 Å². The van der Waals surface area contributed by atoms with Crippen molar-refractivity contribution in [1.82, 2.24) is 0 Å². The molecule has 4 nitrogen and oxygen atoms in total. The molecule has 0 saturated carbocycles. The third-order valence-corrected chi connectivity index (χ3v) is 4.66. The maximum absolute atomic E-state index is 11.5. The van der Waals surface area contributed by atoms with Crippen LogP contribution in [0, 0.1) is 0 Å². The topological polar surface area (TPSA) is 63.6 Å². The third kappa shape index (κ3) is 2.79. The molecule has 1 aliphatic heterocycles. The zero-order valence-electron chi connectivity index (χ0n) is 7.90. The molecule has 0 amide bonds. The van der Waals surface area contributed by atoms with Gasteiger partial charge in [0.2, 0.25) is 6.08 Å². The highest BCUT2D eigenvalue weighted by Gasteiger charge is 2.28. The zero-order valence-corrected chi connectivity index (χ0v) is 8.72. The van der Waals surface area contributed by atoms with Gasteiger partial charge in [-0.05, 0) is 12.8 Å². The Hall–Kier alpha value is -0.930. The molecule has 1 rings (SSSR count). The molecule has 14 heavy (non-hydrogen) atoms. The van der Waals surface area contributed by atoms with Crippen LogP contribution in [0.15, 0.2) is 17.3 Å². The Morgan fingerprint density at radius 2 is 2.21 bits per heavy atom. The lowest BCUT2D eigenvalue weighted by atomic mass is 10.1. The lowest BCUT2D eigenvalue weighted by Gasteiger charge is -2.21. The Bertz CT molecular complexity index is 366. The summed E-state index contributed by atoms with van der Waals surface area (Å²) >= 11 is 0. The van der Waals surface area contributed by atoms with Gasteiger partial charge in [0.1, 0.15) is 0 Å². The first-order valence-corrected chi connectivity index (χ1v) is 6.25. The van der Waals surface area contributed by atoms with Crippen molar-refractivity contribution in [2.45, 2.75) is 30.9 Å². The molecule has 0 aromatic heterocycles. The first-order valence-electron chi connectivity index (χ1n) is 4.53. The highest BCUT2D eigenvalue weighted by Crippen LogP contribution is 2.24. The van der Waals surface area contributed by atoms with Crippen LogP contribution in [0.2, 0.25) is 0 Å². The van der Waals surface area contributed by atoms with Crippen molar-refractivity contribution >= 4 is 15.9 Å². The quantitative estimate of drug-likeness (QED) is 0.524. The van der Waals surface area contributed by atoms with E-state index in [1.807, 2.05) is 0 Å². The Kier molecular flexibility index (Phi) is 3.61. The average Bonchev–Trinajstić information content (AvgIpc) is 2.09. The van der Waals surface area contributed by atoms with Crippen LogP contribution in [0.5, 0.6) is 0 Å². The predicted molar refractivity (Wildman–Crippen MR) is 53.3 cm³/mol. The van der Waals surface area contributed by atoms with E-state index in [4.69, 9.17) is 0 Å². The lowest BCUT2D eigenvalue weighted by molar-refractivity contribution is 0.535. The molecule has 1 fully saturated rings. The van der Waals surface area contributed by atoms with Crippen LogP contribution in [0.3, 0.4) is 0 Å². The van der Waals surface area contributed by atoms with Crippen LogP contribution in [-0.2, 0) is 14.6 Å². The van der Waals surface area contributed by atoms with Gasteiger partial charge in [-0.2, -0.15) is 4.99 Å². The monoisotopic (exact) mass is 215 g/mol. The Morgan fingerprint density at radius 1 is 1.50 bits per heavy atom. The second-order valence-corrected chi connectivity index (χ2v) is 5.86. The molecular weight excluding hydrogens is 202 g/mol. The van der Waals surface area contributed by atoms with Crippen molar-refractivity contribution < 1.29 is 13.2 Å². The molecule has 1 heterocycles. The van der Waals surface area contributed by atoms with E-state index in [9.17, 15) is 13.2 Å². The maximum Gasteiger partial charge on any atom is 0.240 e. The lowest BCUT2D eigenvalue weighted by Crippen LogP contribution is -2.28. The molecule has 78 valence electrons. The highest BCUT2D eigenvalue weighted by molar-refractivity contribution is 7.92. The fourth-order valence-corrected chi connectivity index (χ4v) is 3.54. The number of carbonyl (C=O) groups excluding carboxylic acids is 1. The summed E-state index contributed by atoms with van der Waals surface area (Å²) in [4.78, 5) is 13.2. The third-order valence-electron chi connectivity index (χ3n) is 2.38. The summed E-state index contributed by atoms with van der Waals surface area (Å²) < 4.78 is 23.1. The minimum atomic E-state index is -2.99. The number of isocyanates is 1. The smallest absolute Gasteiger partial charge is 0.229 e. The molecular formula is C9H13NO3S. The molecule has 0 aromatic rings. The van der Waals surface area contributed by atoms with E-state index in [0.29, 0.717) is 12.1 Å². The molecule has 1 atom stereocenters. The van der Waals surface area contributed by atoms with Crippen molar-refractivity contribution in [2.24, 2.45) is 4.99 Å². The van der Waals surface area contributed by atoms with E-state index < -0.39 is 15.1 Å². The first-order chi connectivity index (χ1) is 6.56. The molecule has 5 heteroatoms. The average molecular weight is 215 g/mol. The van der Waals surface area contributed by atoms with Crippen molar-refractivity contribution in [1.29, 1.82) is 0 Å². The number of sulfone groups is 1. The summed E-state index contributed by atoms with van der Waals surface area (Å²) in [6.07, 6.45) is 3.93. The van der Waals surface area contributed by atoms with Gasteiger partial charge in [0, 0.05) is 12.1 Å². The molecule has 1 unspecified atom stereocenters. The Balaban J connectivity index is 2.67. The van der Waals surface area contributed by atoms with E-state index in [2.05, 4.69) is 11.6 Å². The Labute approximate surface area is 83.6 Å². The van der Waals surface area contributed by atoms with Gasteiger partial charge in [-0.25, -0.2) is 13.2 Å². The fourth-order valence-electron chi connectivity index (χ4n) is 1.62. The molecule has 0 spiro atoms. The van der Waals surface area contributed by atoms with Gasteiger partial charge >= 0.3 is 0 Å². The van der Waals surface area contributed by atoms with E-state index in [1.165, 1.54) is 6.08 Å². The van der Waals surface area contributed by atoms with Crippen LogP contribution in [0.4, 0.5) is 0 Å². The van der Waals surface area contributed by atoms with Crippen LogP contribution < -0.4 is 0 Å². The number of aliphatic imine (C=N–C) groups is 1. The minimum Gasteiger partial charge on any atom is -0.229 e. The summed E-state index contributed by atoms with van der Waals surface area (Å²) in [5, 5.41) is -0.402. The number of allylic oxidation sites excluding steroid dienone is 1. The first kappa shape index (κ1) is 11.1. The summed E-state index contributed by atoms with van der Waals surface area (Å²) in [6, 6.07) is 0. The van der Waals surface area contributed by atoms with Crippen LogP contribution in [0.1, 0.15) is 25.7 Å². The second kappa shape index (κ2) is 4.53. The molecule has 1 saturated heterocycles. The van der Waals surface area contributed by atoms with E-state index in [1.54, 1.807) is 0 Å². The van der Waals surface area contributed by atoms with Crippen molar-refractivity contribution in [2.75, 3.05) is 5.75 Å². The summed E-state index contributed by atoms with van der Waals surface area (Å²) in [5.41, 5.74) is 0.301. The molecule has 0 aliphatic carbocycles. The maximum atomic E-state index is 11.5. The predicted octanol–water partition coefficient (Wildman–Crippen LogP) is 1.19. The van der Waals surface area contributed by atoms with Crippen LogP contribution in [-0.4, -0.2) is 25.5 Å². The zero-order chi connectivity index (χ0) is 10.6. The SMILES string of the molecule is C=C(CC1CCCCS1(=O)=O)N=C=O. The standard InChI is InChI=1S/C9H13NO3S/c1-8(10-7-11)6-9-4-2-3-5-14(9,12)13/h9H,1-6H2. The van der Waals surface area contributed by atoms with Gasteiger partial charge in [-0.15, -0.1) is 0 Å². The normalized spacial score (nSPS) is 25.0. The molecule has 0 bridgehead atoms. The summed E-state index contributed by atoms with van der Waals surface area (Å²) in [7, 11) is -2.99. The molecule has 0 radical (unpaired) electrons. The summed E-state index contributed by atoms with van der Waals surface area (Å²) in [6.45, 7) is 3.51. The van der Waals surface area contributed by atoms with Gasteiger partial charge in [0.05, 0.1) is 11.0 Å². The van der Waals surface area contributed by atoms with Crippen molar-refractivity contribution in [3.63, 3.8) is 0 Å². The second-order valence-electron chi connectivity index (χ2n) is 3.46. The van der Waals surface area contributed by atoms with E-state index in [-0.39, 0.29) is 12.2 Å². The highest BCUT2D eigenvalue weighted by atomic mass is 32.2. The van der Waals surface area contributed by atoms with Crippen LogP contribution >= 0.6 is 0 Å². The van der Waals surface area contributed by atoms with Gasteiger partial charge in [0.15, 0.2) is 9.84 Å². The number of hydrogen-bond acceptors (Lipinski definition) is 4. The fraction of sp³-hybridized carbons (Fsp3) is 0.667. The van der Waals surface area contributed by atoms with E-state index in [0.717, 1.165) is 12.8 Å². The van der Waals surface area contributed by atoms with Gasteiger partial charge in [-0.1, -0.05) is 13.0 Å². The largest absolute Gasteiger partial charge is 0.240 e. The van der Waals surface area contributed by atoms with Crippen molar-refractivity contribution in [3.05, 3.63) is 12.3 Å². The molecule has 0 N–H and O–H groups in total. The minimum absolute atomic E-state index is 0.246. The number of nitrogens with zero attached hydrogens (tertiary/aromatic N) is 1. The van der Waals surface area contributed by atoms with Crippen LogP contribution in [0.25, 0.3) is 0 Å². The number of rotatable bonds is 3. The Morgan fingerprint density at radius 3 is 2.79 bits per heavy atom. The van der Waals surface area contributed by atoms with Crippen molar-refractivity contribution in [3.8, 4) is 0 Å². The molecule has 1 aliphatic rings. The number of hydrogen-bond donors (Lipinski definition) is 0. The van der Waals surface area contributed by atoms with E-state index >= 15 is 0 Å². The van der Waals surface area contributed by atoms with Gasteiger partial charge in [0.25, 0.3) is 0 Å². The molecule has 0 aromatic carbocycles. The summed E-state index contributed by atoms with van der Waals surface area (Å²) in [5.74, 6) is 0.246.